The molecule has 0 bridgehead atoms. The van der Waals surface area contributed by atoms with Gasteiger partial charge in [-0.3, -0.25) is 4.72 Å². The molecule has 100 valence electrons. The number of sulfonamides is 1. The first-order valence-electron chi connectivity index (χ1n) is 5.37. The van der Waals surface area contributed by atoms with Gasteiger partial charge in [-0.05, 0) is 30.0 Å². The van der Waals surface area contributed by atoms with Gasteiger partial charge < -0.3 is 5.73 Å². The Balaban J connectivity index is 2.45. The van der Waals surface area contributed by atoms with Gasteiger partial charge in [0, 0.05) is 5.56 Å². The van der Waals surface area contributed by atoms with Crippen molar-refractivity contribution < 1.29 is 8.42 Å². The molecule has 0 amide bonds. The molecule has 2 aromatic rings. The number of thiophene rings is 1. The highest BCUT2D eigenvalue weighted by Crippen LogP contribution is 2.24. The Morgan fingerprint density at radius 1 is 1.32 bits per heavy atom. The summed E-state index contributed by atoms with van der Waals surface area (Å²) in [6.07, 6.45) is 0. The average molecular weight is 312 g/mol. The summed E-state index contributed by atoms with van der Waals surface area (Å²) in [5, 5.41) is 1.71. The highest BCUT2D eigenvalue weighted by molar-refractivity contribution is 7.94. The van der Waals surface area contributed by atoms with Crippen molar-refractivity contribution in [3.05, 3.63) is 46.8 Å². The molecule has 0 saturated carbocycles. The molecule has 0 aliphatic rings. The first kappa shape index (κ1) is 14.0. The Morgan fingerprint density at radius 3 is 2.63 bits per heavy atom. The van der Waals surface area contributed by atoms with Crippen molar-refractivity contribution in [1.29, 1.82) is 0 Å². The molecular formula is C12H12N2O2S3. The van der Waals surface area contributed by atoms with E-state index in [2.05, 4.69) is 4.72 Å². The smallest absolute Gasteiger partial charge is 0.271 e. The zero-order valence-corrected chi connectivity index (χ0v) is 12.5. The Bertz CT molecular complexity index is 707. The second kappa shape index (κ2) is 5.28. The number of hydrogen-bond acceptors (Lipinski definition) is 4. The number of thiocarbonyl (C=S) groups is 1. The van der Waals surface area contributed by atoms with Gasteiger partial charge in [-0.2, -0.15) is 0 Å². The summed E-state index contributed by atoms with van der Waals surface area (Å²) in [5.41, 5.74) is 7.44. The van der Waals surface area contributed by atoms with E-state index in [1.54, 1.807) is 29.6 Å². The lowest BCUT2D eigenvalue weighted by atomic mass is 10.1. The van der Waals surface area contributed by atoms with Crippen LogP contribution in [-0.4, -0.2) is 13.4 Å². The van der Waals surface area contributed by atoms with E-state index < -0.39 is 10.0 Å². The average Bonchev–Trinajstić information content (AvgIpc) is 2.81. The minimum absolute atomic E-state index is 0.168. The van der Waals surface area contributed by atoms with E-state index in [1.807, 2.05) is 13.0 Å². The molecule has 1 aromatic carbocycles. The topological polar surface area (TPSA) is 72.2 Å². The highest BCUT2D eigenvalue weighted by Gasteiger charge is 2.18. The van der Waals surface area contributed by atoms with Crippen molar-refractivity contribution in [3.8, 4) is 0 Å². The standard InChI is InChI=1S/C12H12N2O2S3/c1-8-4-2-5-9(11(8)12(13)17)14-19(15,16)10-6-3-7-18-10/h2-7,14H,1H3,(H2,13,17). The zero-order chi connectivity index (χ0) is 14.0. The minimum atomic E-state index is -3.59. The SMILES string of the molecule is Cc1cccc(NS(=O)(=O)c2cccs2)c1C(N)=S. The van der Waals surface area contributed by atoms with E-state index in [9.17, 15) is 8.42 Å². The van der Waals surface area contributed by atoms with E-state index in [-0.39, 0.29) is 9.20 Å². The molecule has 0 saturated heterocycles. The van der Waals surface area contributed by atoms with Crippen molar-refractivity contribution >= 4 is 44.3 Å². The maximum atomic E-state index is 12.2. The second-order valence-corrected chi connectivity index (χ2v) is 7.20. The van der Waals surface area contributed by atoms with Gasteiger partial charge >= 0.3 is 0 Å². The summed E-state index contributed by atoms with van der Waals surface area (Å²) in [7, 11) is -3.59. The number of hydrogen-bond donors (Lipinski definition) is 2. The Labute approximate surface area is 121 Å². The van der Waals surface area contributed by atoms with E-state index in [0.29, 0.717) is 11.3 Å². The van der Waals surface area contributed by atoms with Gasteiger partial charge in [0.05, 0.1) is 5.69 Å². The van der Waals surface area contributed by atoms with Gasteiger partial charge in [-0.1, -0.05) is 30.4 Å². The maximum absolute atomic E-state index is 12.2. The third-order valence-electron chi connectivity index (χ3n) is 2.52. The van der Waals surface area contributed by atoms with E-state index in [4.69, 9.17) is 18.0 Å². The summed E-state index contributed by atoms with van der Waals surface area (Å²) in [6, 6.07) is 8.46. The van der Waals surface area contributed by atoms with Crippen LogP contribution in [0.2, 0.25) is 0 Å². The van der Waals surface area contributed by atoms with Crippen molar-refractivity contribution in [2.75, 3.05) is 4.72 Å². The molecule has 0 aliphatic heterocycles. The molecule has 1 heterocycles. The van der Waals surface area contributed by atoms with E-state index >= 15 is 0 Å². The fourth-order valence-electron chi connectivity index (χ4n) is 1.69. The molecule has 0 fully saturated rings. The predicted octanol–water partition coefficient (Wildman–Crippen LogP) is 2.49. The molecular weight excluding hydrogens is 300 g/mol. The highest BCUT2D eigenvalue weighted by atomic mass is 32.2. The van der Waals surface area contributed by atoms with Gasteiger partial charge in [0.1, 0.15) is 9.20 Å². The fourth-order valence-corrected chi connectivity index (χ4v) is 4.03. The molecule has 0 radical (unpaired) electrons. The van der Waals surface area contributed by atoms with E-state index in [0.717, 1.165) is 16.9 Å². The minimum Gasteiger partial charge on any atom is -0.389 e. The second-order valence-electron chi connectivity index (χ2n) is 3.90. The van der Waals surface area contributed by atoms with Crippen LogP contribution in [0, 0.1) is 6.92 Å². The van der Waals surface area contributed by atoms with Gasteiger partial charge in [0.2, 0.25) is 0 Å². The van der Waals surface area contributed by atoms with Crippen molar-refractivity contribution in [1.82, 2.24) is 0 Å². The lowest BCUT2D eigenvalue weighted by molar-refractivity contribution is 0.603. The molecule has 3 N–H and O–H groups in total. The molecule has 0 spiro atoms. The van der Waals surface area contributed by atoms with E-state index in [1.165, 1.54) is 0 Å². The zero-order valence-electron chi connectivity index (χ0n) is 10.1. The molecule has 1 aromatic heterocycles. The van der Waals surface area contributed by atoms with Crippen LogP contribution in [-0.2, 0) is 10.0 Å². The molecule has 2 rings (SSSR count). The van der Waals surface area contributed by atoms with Gasteiger partial charge in [-0.15, -0.1) is 11.3 Å². The van der Waals surface area contributed by atoms with Crippen LogP contribution < -0.4 is 10.5 Å². The summed E-state index contributed by atoms with van der Waals surface area (Å²) in [5.74, 6) is 0. The lowest BCUT2D eigenvalue weighted by Crippen LogP contribution is -2.18. The Hall–Kier alpha value is -1.44. The number of anilines is 1. The third-order valence-corrected chi connectivity index (χ3v) is 5.49. The first-order valence-corrected chi connectivity index (χ1v) is 8.14. The molecule has 0 aliphatic carbocycles. The lowest BCUT2D eigenvalue weighted by Gasteiger charge is -2.13. The van der Waals surface area contributed by atoms with Crippen molar-refractivity contribution in [2.45, 2.75) is 11.1 Å². The van der Waals surface area contributed by atoms with Crippen LogP contribution >= 0.6 is 23.6 Å². The van der Waals surface area contributed by atoms with Crippen LogP contribution in [0.5, 0.6) is 0 Å². The Morgan fingerprint density at radius 2 is 2.05 bits per heavy atom. The van der Waals surface area contributed by atoms with Gasteiger partial charge in [-0.25, -0.2) is 8.42 Å². The largest absolute Gasteiger partial charge is 0.389 e. The van der Waals surface area contributed by atoms with Gasteiger partial charge in [0.25, 0.3) is 10.0 Å². The molecule has 4 nitrogen and oxygen atoms in total. The quantitative estimate of drug-likeness (QED) is 0.851. The monoisotopic (exact) mass is 312 g/mol. The molecule has 0 unspecified atom stereocenters. The number of nitrogens with one attached hydrogen (secondary N) is 1. The number of rotatable bonds is 4. The van der Waals surface area contributed by atoms with Crippen LogP contribution in [0.1, 0.15) is 11.1 Å². The van der Waals surface area contributed by atoms with Crippen LogP contribution in [0.25, 0.3) is 0 Å². The first-order chi connectivity index (χ1) is 8.92. The summed E-state index contributed by atoms with van der Waals surface area (Å²) >= 11 is 6.12. The summed E-state index contributed by atoms with van der Waals surface area (Å²) in [6.45, 7) is 1.83. The summed E-state index contributed by atoms with van der Waals surface area (Å²) in [4.78, 5) is 0.168. The number of nitrogens with two attached hydrogens (primary N) is 1. The molecule has 0 atom stereocenters. The molecule has 19 heavy (non-hydrogen) atoms. The maximum Gasteiger partial charge on any atom is 0.271 e. The van der Waals surface area contributed by atoms with Crippen molar-refractivity contribution in [2.24, 2.45) is 5.73 Å². The summed E-state index contributed by atoms with van der Waals surface area (Å²) < 4.78 is 27.1. The third kappa shape index (κ3) is 2.94. The predicted molar refractivity (Wildman–Crippen MR) is 82.2 cm³/mol. The fraction of sp³-hybridized carbons (Fsp3) is 0.0833. The normalized spacial score (nSPS) is 11.2. The number of aryl methyl sites for hydroxylation is 1. The number of benzene rings is 1. The van der Waals surface area contributed by atoms with Crippen LogP contribution in [0.3, 0.4) is 0 Å². The van der Waals surface area contributed by atoms with Crippen LogP contribution in [0.4, 0.5) is 5.69 Å². The van der Waals surface area contributed by atoms with Crippen molar-refractivity contribution in [3.63, 3.8) is 0 Å². The Kier molecular flexibility index (Phi) is 3.88. The van der Waals surface area contributed by atoms with Gasteiger partial charge in [0.15, 0.2) is 0 Å². The molecule has 7 heteroatoms. The van der Waals surface area contributed by atoms with Crippen LogP contribution in [0.15, 0.2) is 39.9 Å².